The second kappa shape index (κ2) is 4.33. The molecule has 0 aliphatic carbocycles. The van der Waals surface area contributed by atoms with E-state index in [1.54, 1.807) is 0 Å². The van der Waals surface area contributed by atoms with Crippen molar-refractivity contribution in [1.29, 1.82) is 0 Å². The number of aliphatic imine (C=N–C) groups is 1. The zero-order valence-electron chi connectivity index (χ0n) is 11.1. The summed E-state index contributed by atoms with van der Waals surface area (Å²) in [5, 5.41) is 0. The van der Waals surface area contributed by atoms with Gasteiger partial charge in [-0.3, -0.25) is 4.99 Å². The monoisotopic (exact) mass is 198 g/mol. The zero-order valence-corrected chi connectivity index (χ0v) is 11.1. The van der Waals surface area contributed by atoms with Gasteiger partial charge in [0, 0.05) is 19.6 Å². The van der Waals surface area contributed by atoms with Crippen LogP contribution in [0, 0.1) is 5.41 Å². The summed E-state index contributed by atoms with van der Waals surface area (Å²) in [6, 6.07) is 0. The molecule has 0 bridgehead atoms. The third-order valence-corrected chi connectivity index (χ3v) is 2.68. The zero-order chi connectivity index (χ0) is 11.6. The Morgan fingerprint density at radius 1 is 1.14 bits per heavy atom. The second-order valence-electron chi connectivity index (χ2n) is 5.88. The van der Waals surface area contributed by atoms with Crippen LogP contribution in [0.4, 0.5) is 0 Å². The maximum absolute atomic E-state index is 4.23. The molecule has 0 N–H and O–H groups in total. The number of amidine groups is 1. The maximum Gasteiger partial charge on any atom is 0.0955 e. The standard InChI is InChI=1S/C12H26N2/c1-10(13-7)14(8)12(5,6)9-11(2,3)4/h9H2,1-8H3. The molecular weight excluding hydrogens is 172 g/mol. The van der Waals surface area contributed by atoms with Crippen LogP contribution in [0.3, 0.4) is 0 Å². The summed E-state index contributed by atoms with van der Waals surface area (Å²) in [5.41, 5.74) is 0.521. The van der Waals surface area contributed by atoms with E-state index in [4.69, 9.17) is 0 Å². The fraction of sp³-hybridized carbons (Fsp3) is 0.917. The molecule has 0 heterocycles. The van der Waals surface area contributed by atoms with E-state index in [1.807, 2.05) is 7.05 Å². The molecule has 0 atom stereocenters. The lowest BCUT2D eigenvalue weighted by Gasteiger charge is -2.41. The second-order valence-corrected chi connectivity index (χ2v) is 5.88. The van der Waals surface area contributed by atoms with Gasteiger partial charge in [0.15, 0.2) is 0 Å². The van der Waals surface area contributed by atoms with Crippen molar-refractivity contribution in [3.8, 4) is 0 Å². The van der Waals surface area contributed by atoms with E-state index >= 15 is 0 Å². The lowest BCUT2D eigenvalue weighted by Crippen LogP contribution is -2.46. The minimum Gasteiger partial charge on any atom is -0.359 e. The van der Waals surface area contributed by atoms with E-state index in [-0.39, 0.29) is 5.54 Å². The van der Waals surface area contributed by atoms with Crippen molar-refractivity contribution < 1.29 is 0 Å². The Bertz CT molecular complexity index is 209. The van der Waals surface area contributed by atoms with Gasteiger partial charge in [-0.15, -0.1) is 0 Å². The number of hydrogen-bond donors (Lipinski definition) is 0. The molecule has 84 valence electrons. The molecule has 0 aliphatic rings. The van der Waals surface area contributed by atoms with Crippen molar-refractivity contribution in [2.24, 2.45) is 10.4 Å². The van der Waals surface area contributed by atoms with E-state index in [1.165, 1.54) is 0 Å². The van der Waals surface area contributed by atoms with Crippen molar-refractivity contribution in [3.05, 3.63) is 0 Å². The molecular formula is C12H26N2. The van der Waals surface area contributed by atoms with Gasteiger partial charge in [-0.25, -0.2) is 0 Å². The Morgan fingerprint density at radius 3 is 1.86 bits per heavy atom. The highest BCUT2D eigenvalue weighted by Crippen LogP contribution is 2.30. The van der Waals surface area contributed by atoms with E-state index in [9.17, 15) is 0 Å². The number of hydrogen-bond acceptors (Lipinski definition) is 1. The summed E-state index contributed by atoms with van der Waals surface area (Å²) in [6.45, 7) is 13.4. The summed E-state index contributed by atoms with van der Waals surface area (Å²) in [6.07, 6.45) is 1.16. The quantitative estimate of drug-likeness (QED) is 0.491. The molecule has 0 saturated carbocycles. The largest absolute Gasteiger partial charge is 0.359 e. The molecule has 0 aliphatic heterocycles. The molecule has 0 aromatic rings. The van der Waals surface area contributed by atoms with Gasteiger partial charge in [-0.05, 0) is 32.6 Å². The van der Waals surface area contributed by atoms with Gasteiger partial charge in [0.2, 0.25) is 0 Å². The van der Waals surface area contributed by atoms with Gasteiger partial charge in [0.1, 0.15) is 0 Å². The average molecular weight is 198 g/mol. The molecule has 0 unspecified atom stereocenters. The third-order valence-electron chi connectivity index (χ3n) is 2.68. The SMILES string of the molecule is CN=C(C)N(C)C(C)(C)CC(C)(C)C. The van der Waals surface area contributed by atoms with E-state index in [0.717, 1.165) is 12.3 Å². The Morgan fingerprint density at radius 2 is 1.57 bits per heavy atom. The number of nitrogens with zero attached hydrogens (tertiary/aromatic N) is 2. The Balaban J connectivity index is 4.62. The van der Waals surface area contributed by atoms with E-state index < -0.39 is 0 Å². The van der Waals surface area contributed by atoms with Crippen LogP contribution in [0.15, 0.2) is 4.99 Å². The van der Waals surface area contributed by atoms with Gasteiger partial charge in [-0.1, -0.05) is 20.8 Å². The van der Waals surface area contributed by atoms with E-state index in [0.29, 0.717) is 5.41 Å². The molecule has 0 rings (SSSR count). The summed E-state index contributed by atoms with van der Waals surface area (Å²) >= 11 is 0. The van der Waals surface area contributed by atoms with Crippen LogP contribution >= 0.6 is 0 Å². The maximum atomic E-state index is 4.23. The Kier molecular flexibility index (Phi) is 4.16. The summed E-state index contributed by atoms with van der Waals surface area (Å²) in [4.78, 5) is 6.49. The first-order valence-corrected chi connectivity index (χ1v) is 5.27. The predicted octanol–water partition coefficient (Wildman–Crippen LogP) is 3.18. The highest BCUT2D eigenvalue weighted by molar-refractivity contribution is 5.79. The molecule has 0 fully saturated rings. The van der Waals surface area contributed by atoms with Crippen molar-refractivity contribution in [2.45, 2.75) is 53.5 Å². The molecule has 0 spiro atoms. The van der Waals surface area contributed by atoms with Crippen LogP contribution in [0.25, 0.3) is 0 Å². The minimum atomic E-state index is 0.168. The first kappa shape index (κ1) is 13.5. The van der Waals surface area contributed by atoms with Crippen LogP contribution in [0.1, 0.15) is 48.0 Å². The first-order chi connectivity index (χ1) is 6.10. The molecule has 0 saturated heterocycles. The molecule has 14 heavy (non-hydrogen) atoms. The molecule has 2 nitrogen and oxygen atoms in total. The smallest absolute Gasteiger partial charge is 0.0955 e. The van der Waals surface area contributed by atoms with E-state index in [2.05, 4.69) is 58.5 Å². The van der Waals surface area contributed by atoms with Gasteiger partial charge in [0.25, 0.3) is 0 Å². The lowest BCUT2D eigenvalue weighted by atomic mass is 9.81. The Hall–Kier alpha value is -0.530. The van der Waals surface area contributed by atoms with Crippen molar-refractivity contribution in [1.82, 2.24) is 4.90 Å². The third kappa shape index (κ3) is 4.12. The molecule has 0 aromatic carbocycles. The van der Waals surface area contributed by atoms with Crippen molar-refractivity contribution >= 4 is 5.84 Å². The van der Waals surface area contributed by atoms with Gasteiger partial charge >= 0.3 is 0 Å². The summed E-state index contributed by atoms with van der Waals surface area (Å²) in [7, 11) is 3.97. The molecule has 0 radical (unpaired) electrons. The fourth-order valence-corrected chi connectivity index (χ4v) is 2.00. The Labute approximate surface area is 89.4 Å². The van der Waals surface area contributed by atoms with Crippen LogP contribution in [-0.2, 0) is 0 Å². The molecule has 0 amide bonds. The van der Waals surface area contributed by atoms with Crippen LogP contribution < -0.4 is 0 Å². The molecule has 2 heteroatoms. The van der Waals surface area contributed by atoms with Crippen LogP contribution in [-0.4, -0.2) is 30.4 Å². The normalized spacial score (nSPS) is 14.4. The average Bonchev–Trinajstić information content (AvgIpc) is 1.97. The van der Waals surface area contributed by atoms with Crippen LogP contribution in [0.2, 0.25) is 0 Å². The lowest BCUT2D eigenvalue weighted by molar-refractivity contribution is 0.166. The highest BCUT2D eigenvalue weighted by atomic mass is 15.2. The van der Waals surface area contributed by atoms with Crippen molar-refractivity contribution in [3.63, 3.8) is 0 Å². The topological polar surface area (TPSA) is 15.6 Å². The highest BCUT2D eigenvalue weighted by Gasteiger charge is 2.29. The fourth-order valence-electron chi connectivity index (χ4n) is 2.00. The summed E-state index contributed by atoms with van der Waals surface area (Å²) < 4.78 is 0. The van der Waals surface area contributed by atoms with Gasteiger partial charge in [0.05, 0.1) is 5.84 Å². The minimum absolute atomic E-state index is 0.168. The predicted molar refractivity (Wildman–Crippen MR) is 64.9 cm³/mol. The summed E-state index contributed by atoms with van der Waals surface area (Å²) in [5.74, 6) is 1.10. The first-order valence-electron chi connectivity index (χ1n) is 5.27. The molecule has 0 aromatic heterocycles. The van der Waals surface area contributed by atoms with Crippen molar-refractivity contribution in [2.75, 3.05) is 14.1 Å². The van der Waals surface area contributed by atoms with Gasteiger partial charge in [-0.2, -0.15) is 0 Å². The van der Waals surface area contributed by atoms with Gasteiger partial charge < -0.3 is 4.90 Å². The van der Waals surface area contributed by atoms with Crippen LogP contribution in [0.5, 0.6) is 0 Å². The number of rotatable bonds is 2.